The largest absolute Gasteiger partial charge is 0.508 e. The molecule has 20 heavy (non-hydrogen) atoms. The number of rotatable bonds is 6. The van der Waals surface area contributed by atoms with Crippen LogP contribution in [0.25, 0.3) is 0 Å². The summed E-state index contributed by atoms with van der Waals surface area (Å²) < 4.78 is 0. The Labute approximate surface area is 123 Å². The number of phenolic OH excluding ortho intramolecular Hbond substituents is 1. The molecular weight excluding hydrogens is 248 g/mol. The molecule has 0 spiro atoms. The van der Waals surface area contributed by atoms with Crippen molar-refractivity contribution in [3.63, 3.8) is 0 Å². The lowest BCUT2D eigenvalue weighted by Gasteiger charge is -2.37. The highest BCUT2D eigenvalue weighted by Crippen LogP contribution is 2.30. The highest BCUT2D eigenvalue weighted by Gasteiger charge is 2.24. The zero-order valence-corrected chi connectivity index (χ0v) is 12.8. The molecule has 0 bridgehead atoms. The van der Waals surface area contributed by atoms with E-state index in [1.807, 2.05) is 7.05 Å². The van der Waals surface area contributed by atoms with Crippen molar-refractivity contribution in [2.75, 3.05) is 26.7 Å². The zero-order valence-electron chi connectivity index (χ0n) is 12.8. The quantitative estimate of drug-likeness (QED) is 0.838. The molecule has 1 aliphatic rings. The molecule has 0 aromatic heterocycles. The summed E-state index contributed by atoms with van der Waals surface area (Å²) >= 11 is 0. The van der Waals surface area contributed by atoms with Gasteiger partial charge in [0.25, 0.3) is 0 Å². The van der Waals surface area contributed by atoms with E-state index in [1.165, 1.54) is 37.9 Å². The first-order valence-corrected chi connectivity index (χ1v) is 7.92. The third-order valence-corrected chi connectivity index (χ3v) is 4.56. The summed E-state index contributed by atoms with van der Waals surface area (Å²) in [5.41, 5.74) is 1.33. The van der Waals surface area contributed by atoms with Crippen LogP contribution in [0.3, 0.4) is 0 Å². The predicted molar refractivity (Wildman–Crippen MR) is 84.0 cm³/mol. The summed E-state index contributed by atoms with van der Waals surface area (Å²) in [5.74, 6) is 1.24. The van der Waals surface area contributed by atoms with Crippen LogP contribution in [0.4, 0.5) is 0 Å². The third-order valence-electron chi connectivity index (χ3n) is 4.56. The van der Waals surface area contributed by atoms with Gasteiger partial charge in [0.05, 0.1) is 0 Å². The Hall–Kier alpha value is -1.06. The molecule has 1 fully saturated rings. The van der Waals surface area contributed by atoms with Crippen LogP contribution in [-0.2, 0) is 0 Å². The highest BCUT2D eigenvalue weighted by atomic mass is 16.3. The highest BCUT2D eigenvalue weighted by molar-refractivity contribution is 5.28. The molecule has 0 radical (unpaired) electrons. The van der Waals surface area contributed by atoms with E-state index in [0.29, 0.717) is 11.8 Å². The molecule has 1 aromatic carbocycles. The van der Waals surface area contributed by atoms with E-state index in [9.17, 15) is 5.11 Å². The lowest BCUT2D eigenvalue weighted by atomic mass is 9.91. The molecule has 112 valence electrons. The SMILES string of the molecule is CCC(c1ccc(O)cc1)N1CCC(CCNC)CC1. The number of nitrogens with zero attached hydrogens (tertiary/aromatic N) is 1. The molecule has 2 rings (SSSR count). The van der Waals surface area contributed by atoms with E-state index in [-0.39, 0.29) is 0 Å². The minimum absolute atomic E-state index is 0.356. The van der Waals surface area contributed by atoms with Gasteiger partial charge in [0, 0.05) is 6.04 Å². The molecule has 2 N–H and O–H groups in total. The fourth-order valence-electron chi connectivity index (χ4n) is 3.30. The molecule has 1 atom stereocenters. The standard InChI is InChI=1S/C17H28N2O/c1-3-17(15-4-6-16(20)7-5-15)19-12-9-14(10-13-19)8-11-18-2/h4-7,14,17-18,20H,3,8-13H2,1-2H3. The Morgan fingerprint density at radius 2 is 1.90 bits per heavy atom. The second-order valence-corrected chi connectivity index (χ2v) is 5.89. The van der Waals surface area contributed by atoms with Crippen LogP contribution in [0.2, 0.25) is 0 Å². The van der Waals surface area contributed by atoms with Crippen LogP contribution < -0.4 is 5.32 Å². The number of nitrogens with one attached hydrogen (secondary N) is 1. The first kappa shape index (κ1) is 15.3. The van der Waals surface area contributed by atoms with Gasteiger partial charge >= 0.3 is 0 Å². The van der Waals surface area contributed by atoms with Gasteiger partial charge in [0.2, 0.25) is 0 Å². The van der Waals surface area contributed by atoms with Crippen LogP contribution in [0.15, 0.2) is 24.3 Å². The van der Waals surface area contributed by atoms with E-state index in [0.717, 1.165) is 18.9 Å². The van der Waals surface area contributed by atoms with Crippen LogP contribution >= 0.6 is 0 Å². The fourth-order valence-corrected chi connectivity index (χ4v) is 3.30. The minimum Gasteiger partial charge on any atom is -0.508 e. The van der Waals surface area contributed by atoms with Gasteiger partial charge in [-0.2, -0.15) is 0 Å². The predicted octanol–water partition coefficient (Wildman–Crippen LogP) is 3.16. The third kappa shape index (κ3) is 3.97. The summed E-state index contributed by atoms with van der Waals surface area (Å²) in [4.78, 5) is 2.61. The molecule has 1 saturated heterocycles. The molecule has 0 saturated carbocycles. The number of aromatic hydroxyl groups is 1. The van der Waals surface area contributed by atoms with Crippen LogP contribution in [0, 0.1) is 5.92 Å². The van der Waals surface area contributed by atoms with E-state index in [1.54, 1.807) is 12.1 Å². The average Bonchev–Trinajstić information content (AvgIpc) is 2.49. The number of benzene rings is 1. The van der Waals surface area contributed by atoms with Crippen molar-refractivity contribution in [1.82, 2.24) is 10.2 Å². The molecular formula is C17H28N2O. The van der Waals surface area contributed by atoms with Crippen molar-refractivity contribution < 1.29 is 5.11 Å². The Balaban J connectivity index is 1.91. The lowest BCUT2D eigenvalue weighted by Crippen LogP contribution is -2.37. The van der Waals surface area contributed by atoms with Gasteiger partial charge in [0.1, 0.15) is 5.75 Å². The number of piperidine rings is 1. The first-order chi connectivity index (χ1) is 9.74. The Bertz CT molecular complexity index is 382. The van der Waals surface area contributed by atoms with Gasteiger partial charge < -0.3 is 10.4 Å². The Morgan fingerprint density at radius 1 is 1.25 bits per heavy atom. The topological polar surface area (TPSA) is 35.5 Å². The van der Waals surface area contributed by atoms with Crippen LogP contribution in [-0.4, -0.2) is 36.7 Å². The second-order valence-electron chi connectivity index (χ2n) is 5.89. The van der Waals surface area contributed by atoms with Gasteiger partial charge in [-0.15, -0.1) is 0 Å². The van der Waals surface area contributed by atoms with Crippen molar-refractivity contribution in [3.8, 4) is 5.75 Å². The average molecular weight is 276 g/mol. The van der Waals surface area contributed by atoms with Gasteiger partial charge in [-0.05, 0) is 76.0 Å². The van der Waals surface area contributed by atoms with Crippen molar-refractivity contribution in [2.45, 2.75) is 38.6 Å². The normalized spacial score (nSPS) is 19.1. The van der Waals surface area contributed by atoms with E-state index in [4.69, 9.17) is 0 Å². The Morgan fingerprint density at radius 3 is 2.45 bits per heavy atom. The van der Waals surface area contributed by atoms with Gasteiger partial charge in [-0.25, -0.2) is 0 Å². The maximum Gasteiger partial charge on any atom is 0.115 e. The monoisotopic (exact) mass is 276 g/mol. The van der Waals surface area contributed by atoms with E-state index in [2.05, 4.69) is 29.3 Å². The van der Waals surface area contributed by atoms with Crippen molar-refractivity contribution in [3.05, 3.63) is 29.8 Å². The second kappa shape index (κ2) is 7.65. The molecule has 3 heteroatoms. The zero-order chi connectivity index (χ0) is 14.4. The van der Waals surface area contributed by atoms with Crippen molar-refractivity contribution in [1.29, 1.82) is 0 Å². The van der Waals surface area contributed by atoms with Crippen LogP contribution in [0.5, 0.6) is 5.75 Å². The minimum atomic E-state index is 0.356. The molecule has 1 aliphatic heterocycles. The maximum absolute atomic E-state index is 9.42. The molecule has 0 aliphatic carbocycles. The number of hydrogen-bond donors (Lipinski definition) is 2. The number of phenols is 1. The molecule has 3 nitrogen and oxygen atoms in total. The summed E-state index contributed by atoms with van der Waals surface area (Å²) in [7, 11) is 2.03. The lowest BCUT2D eigenvalue weighted by molar-refractivity contribution is 0.126. The molecule has 1 aromatic rings. The number of hydrogen-bond acceptors (Lipinski definition) is 3. The number of likely N-dealkylation sites (tertiary alicyclic amines) is 1. The Kier molecular flexibility index (Phi) is 5.86. The fraction of sp³-hybridized carbons (Fsp3) is 0.647. The van der Waals surface area contributed by atoms with Crippen LogP contribution in [0.1, 0.15) is 44.2 Å². The van der Waals surface area contributed by atoms with E-state index >= 15 is 0 Å². The summed E-state index contributed by atoms with van der Waals surface area (Å²) in [5, 5.41) is 12.7. The summed E-state index contributed by atoms with van der Waals surface area (Å²) in [6, 6.07) is 8.24. The van der Waals surface area contributed by atoms with E-state index < -0.39 is 0 Å². The van der Waals surface area contributed by atoms with Crippen molar-refractivity contribution in [2.24, 2.45) is 5.92 Å². The maximum atomic E-state index is 9.42. The molecule has 1 unspecified atom stereocenters. The summed E-state index contributed by atoms with van der Waals surface area (Å²) in [6.45, 7) is 5.80. The van der Waals surface area contributed by atoms with Crippen molar-refractivity contribution >= 4 is 0 Å². The first-order valence-electron chi connectivity index (χ1n) is 7.92. The molecule has 1 heterocycles. The summed E-state index contributed by atoms with van der Waals surface area (Å²) in [6.07, 6.45) is 5.07. The smallest absolute Gasteiger partial charge is 0.115 e. The van der Waals surface area contributed by atoms with Gasteiger partial charge in [-0.3, -0.25) is 4.90 Å². The van der Waals surface area contributed by atoms with Gasteiger partial charge in [0.15, 0.2) is 0 Å². The van der Waals surface area contributed by atoms with Gasteiger partial charge in [-0.1, -0.05) is 19.1 Å². The molecule has 0 amide bonds.